The van der Waals surface area contributed by atoms with Crippen LogP contribution in [0.25, 0.3) is 0 Å². The van der Waals surface area contributed by atoms with Gasteiger partial charge in [0.2, 0.25) is 5.91 Å². The zero-order valence-electron chi connectivity index (χ0n) is 11.4. The molecule has 0 aliphatic carbocycles. The van der Waals surface area contributed by atoms with Gasteiger partial charge < -0.3 is 5.32 Å². The zero-order valence-corrected chi connectivity index (χ0v) is 11.4. The molecule has 0 heterocycles. The standard InChI is InChI=1S/C15H20N2O/c1-14(2,10-16)11-17-13(18)15(3,4)12-8-6-5-7-9-12/h5-9H,11H2,1-4H3,(H,17,18). The number of carbonyl (C=O) groups is 1. The first kappa shape index (κ1) is 14.2. The van der Waals surface area contributed by atoms with Gasteiger partial charge in [-0.3, -0.25) is 4.79 Å². The fraction of sp³-hybridized carbons (Fsp3) is 0.467. The van der Waals surface area contributed by atoms with Gasteiger partial charge in [-0.05, 0) is 33.3 Å². The van der Waals surface area contributed by atoms with E-state index in [0.29, 0.717) is 6.54 Å². The average Bonchev–Trinajstić information content (AvgIpc) is 2.37. The van der Waals surface area contributed by atoms with Gasteiger partial charge in [-0.1, -0.05) is 30.3 Å². The number of nitrogens with zero attached hydrogens (tertiary/aromatic N) is 1. The molecule has 0 unspecified atom stereocenters. The number of carbonyl (C=O) groups excluding carboxylic acids is 1. The van der Waals surface area contributed by atoms with E-state index in [1.807, 2.05) is 58.0 Å². The van der Waals surface area contributed by atoms with Crippen LogP contribution in [0.2, 0.25) is 0 Å². The molecular formula is C15H20N2O. The highest BCUT2D eigenvalue weighted by Crippen LogP contribution is 2.23. The van der Waals surface area contributed by atoms with Gasteiger partial charge in [0, 0.05) is 6.54 Å². The predicted octanol–water partition coefficient (Wildman–Crippen LogP) is 2.63. The van der Waals surface area contributed by atoms with E-state index in [9.17, 15) is 4.79 Å². The molecule has 0 atom stereocenters. The van der Waals surface area contributed by atoms with E-state index in [4.69, 9.17) is 5.26 Å². The van der Waals surface area contributed by atoms with Crippen molar-refractivity contribution in [2.45, 2.75) is 33.1 Å². The first-order valence-electron chi connectivity index (χ1n) is 6.05. The Morgan fingerprint density at radius 1 is 1.22 bits per heavy atom. The van der Waals surface area contributed by atoms with Crippen molar-refractivity contribution >= 4 is 5.91 Å². The van der Waals surface area contributed by atoms with Crippen LogP contribution < -0.4 is 5.32 Å². The molecule has 0 aromatic heterocycles. The number of benzene rings is 1. The monoisotopic (exact) mass is 244 g/mol. The van der Waals surface area contributed by atoms with Gasteiger partial charge in [-0.25, -0.2) is 0 Å². The molecular weight excluding hydrogens is 224 g/mol. The Hall–Kier alpha value is -1.82. The smallest absolute Gasteiger partial charge is 0.230 e. The third-order valence-electron chi connectivity index (χ3n) is 3.06. The van der Waals surface area contributed by atoms with E-state index in [-0.39, 0.29) is 5.91 Å². The van der Waals surface area contributed by atoms with Gasteiger partial charge in [0.25, 0.3) is 0 Å². The molecule has 1 amide bonds. The van der Waals surface area contributed by atoms with Gasteiger partial charge in [-0.15, -0.1) is 0 Å². The molecule has 0 fully saturated rings. The van der Waals surface area contributed by atoms with Crippen molar-refractivity contribution in [3.05, 3.63) is 35.9 Å². The second-order valence-corrected chi connectivity index (χ2v) is 5.67. The summed E-state index contributed by atoms with van der Waals surface area (Å²) in [5, 5.41) is 11.8. The van der Waals surface area contributed by atoms with Gasteiger partial charge in [0.1, 0.15) is 0 Å². The molecule has 96 valence electrons. The van der Waals surface area contributed by atoms with E-state index in [1.165, 1.54) is 0 Å². The Morgan fingerprint density at radius 3 is 2.28 bits per heavy atom. The lowest BCUT2D eigenvalue weighted by Gasteiger charge is -2.26. The van der Waals surface area contributed by atoms with Crippen LogP contribution in [0.15, 0.2) is 30.3 Å². The van der Waals surface area contributed by atoms with Crippen molar-refractivity contribution < 1.29 is 4.79 Å². The number of amides is 1. The topological polar surface area (TPSA) is 52.9 Å². The van der Waals surface area contributed by atoms with Crippen LogP contribution in [0, 0.1) is 16.7 Å². The summed E-state index contributed by atoms with van der Waals surface area (Å²) in [6.45, 7) is 7.75. The minimum atomic E-state index is -0.590. The Kier molecular flexibility index (Phi) is 4.13. The molecule has 1 rings (SSSR count). The Bertz CT molecular complexity index is 455. The molecule has 0 spiro atoms. The van der Waals surface area contributed by atoms with Crippen LogP contribution in [0.1, 0.15) is 33.3 Å². The van der Waals surface area contributed by atoms with Crippen molar-refractivity contribution in [3.8, 4) is 6.07 Å². The summed E-state index contributed by atoms with van der Waals surface area (Å²) < 4.78 is 0. The van der Waals surface area contributed by atoms with Crippen LogP contribution >= 0.6 is 0 Å². The van der Waals surface area contributed by atoms with E-state index < -0.39 is 10.8 Å². The van der Waals surface area contributed by atoms with E-state index in [1.54, 1.807) is 0 Å². The van der Waals surface area contributed by atoms with E-state index in [0.717, 1.165) is 5.56 Å². The van der Waals surface area contributed by atoms with Crippen molar-refractivity contribution in [2.75, 3.05) is 6.54 Å². The summed E-state index contributed by atoms with van der Waals surface area (Å²) >= 11 is 0. The Balaban J connectivity index is 2.76. The molecule has 3 nitrogen and oxygen atoms in total. The van der Waals surface area contributed by atoms with Crippen LogP contribution in [0.3, 0.4) is 0 Å². The van der Waals surface area contributed by atoms with Gasteiger partial charge in [0.05, 0.1) is 16.9 Å². The normalized spacial score (nSPS) is 11.7. The summed E-state index contributed by atoms with van der Waals surface area (Å²) in [7, 11) is 0. The van der Waals surface area contributed by atoms with Crippen molar-refractivity contribution in [1.29, 1.82) is 5.26 Å². The zero-order chi connectivity index (χ0) is 13.8. The Labute approximate surface area is 109 Å². The largest absolute Gasteiger partial charge is 0.354 e. The molecule has 0 aliphatic rings. The lowest BCUT2D eigenvalue weighted by Crippen LogP contribution is -2.43. The Morgan fingerprint density at radius 2 is 1.78 bits per heavy atom. The molecule has 1 aromatic rings. The number of nitrogens with one attached hydrogen (secondary N) is 1. The lowest BCUT2D eigenvalue weighted by molar-refractivity contribution is -0.125. The van der Waals surface area contributed by atoms with Gasteiger partial charge >= 0.3 is 0 Å². The van der Waals surface area contributed by atoms with E-state index >= 15 is 0 Å². The highest BCUT2D eigenvalue weighted by atomic mass is 16.2. The molecule has 3 heteroatoms. The van der Waals surface area contributed by atoms with Crippen molar-refractivity contribution in [1.82, 2.24) is 5.32 Å². The second-order valence-electron chi connectivity index (χ2n) is 5.67. The maximum Gasteiger partial charge on any atom is 0.230 e. The molecule has 0 aliphatic heterocycles. The number of hydrogen-bond donors (Lipinski definition) is 1. The molecule has 18 heavy (non-hydrogen) atoms. The SMILES string of the molecule is CC(C)(C#N)CNC(=O)C(C)(C)c1ccccc1. The summed E-state index contributed by atoms with van der Waals surface area (Å²) in [6, 6.07) is 11.8. The highest BCUT2D eigenvalue weighted by molar-refractivity contribution is 5.87. The van der Waals surface area contributed by atoms with Crippen molar-refractivity contribution in [3.63, 3.8) is 0 Å². The average molecular weight is 244 g/mol. The van der Waals surface area contributed by atoms with Crippen LogP contribution in [-0.2, 0) is 10.2 Å². The summed E-state index contributed by atoms with van der Waals surface area (Å²) in [5.41, 5.74) is -0.160. The molecule has 0 bridgehead atoms. The number of rotatable bonds is 4. The minimum absolute atomic E-state index is 0.0583. The highest BCUT2D eigenvalue weighted by Gasteiger charge is 2.30. The molecule has 0 saturated carbocycles. The third kappa shape index (κ3) is 3.33. The number of hydrogen-bond acceptors (Lipinski definition) is 2. The summed E-state index contributed by atoms with van der Waals surface area (Å²) in [4.78, 5) is 12.2. The second kappa shape index (κ2) is 5.22. The fourth-order valence-electron chi connectivity index (χ4n) is 1.55. The van der Waals surface area contributed by atoms with E-state index in [2.05, 4.69) is 11.4 Å². The van der Waals surface area contributed by atoms with Crippen LogP contribution in [0.5, 0.6) is 0 Å². The van der Waals surface area contributed by atoms with Crippen LogP contribution in [-0.4, -0.2) is 12.5 Å². The van der Waals surface area contributed by atoms with Gasteiger partial charge in [0.15, 0.2) is 0 Å². The molecule has 1 N–H and O–H groups in total. The molecule has 1 aromatic carbocycles. The summed E-state index contributed by atoms with van der Waals surface area (Å²) in [5.74, 6) is -0.0583. The molecule has 0 saturated heterocycles. The first-order valence-corrected chi connectivity index (χ1v) is 6.05. The first-order chi connectivity index (χ1) is 8.29. The minimum Gasteiger partial charge on any atom is -0.354 e. The predicted molar refractivity (Wildman–Crippen MR) is 71.9 cm³/mol. The third-order valence-corrected chi connectivity index (χ3v) is 3.06. The van der Waals surface area contributed by atoms with Gasteiger partial charge in [-0.2, -0.15) is 5.26 Å². The lowest BCUT2D eigenvalue weighted by atomic mass is 9.83. The summed E-state index contributed by atoms with van der Waals surface area (Å²) in [6.07, 6.45) is 0. The van der Waals surface area contributed by atoms with Crippen LogP contribution in [0.4, 0.5) is 0 Å². The number of nitriles is 1. The van der Waals surface area contributed by atoms with Crippen molar-refractivity contribution in [2.24, 2.45) is 5.41 Å². The quantitative estimate of drug-likeness (QED) is 0.885. The fourth-order valence-corrected chi connectivity index (χ4v) is 1.55. The molecule has 0 radical (unpaired) electrons. The maximum atomic E-state index is 12.2. The maximum absolute atomic E-state index is 12.2.